The van der Waals surface area contributed by atoms with Gasteiger partial charge >= 0.3 is 5.97 Å². The lowest BCUT2D eigenvalue weighted by atomic mass is 10.4. The molecule has 75 valence electrons. The number of methoxy groups -OCH3 is 1. The fourth-order valence-corrected chi connectivity index (χ4v) is 0.845. The maximum atomic E-state index is 11.1. The topological polar surface area (TPSA) is 100 Å². The predicted molar refractivity (Wildman–Crippen MR) is 44.0 cm³/mol. The number of nitrogens with two attached hydrogens (primary N) is 1. The van der Waals surface area contributed by atoms with Crippen molar-refractivity contribution in [3.8, 4) is 0 Å². The lowest BCUT2D eigenvalue weighted by Gasteiger charge is -2.01. The monoisotopic (exact) mass is 197 g/mol. The van der Waals surface area contributed by atoms with Gasteiger partial charge in [-0.1, -0.05) is 0 Å². The van der Waals surface area contributed by atoms with Crippen LogP contribution < -0.4 is 5.73 Å². The Bertz CT molecular complexity index is 346. The Labute approximate surface area is 79.9 Å². The zero-order chi connectivity index (χ0) is 10.6. The average molecular weight is 197 g/mol. The maximum absolute atomic E-state index is 11.1. The zero-order valence-corrected chi connectivity index (χ0v) is 7.56. The van der Waals surface area contributed by atoms with Gasteiger partial charge in [0, 0.05) is 13.0 Å². The highest BCUT2D eigenvalue weighted by Crippen LogP contribution is 1.98. The normalized spacial score (nSPS) is 9.79. The summed E-state index contributed by atoms with van der Waals surface area (Å²) in [5.74, 6) is -1.08. The number of aryl methyl sites for hydroxylation is 1. The summed E-state index contributed by atoms with van der Waals surface area (Å²) < 4.78 is 5.73. The summed E-state index contributed by atoms with van der Waals surface area (Å²) in [6.45, 7) is 0.215. The van der Waals surface area contributed by atoms with Crippen molar-refractivity contribution >= 4 is 11.9 Å². The van der Waals surface area contributed by atoms with Crippen molar-refractivity contribution in [3.05, 3.63) is 12.2 Å². The van der Waals surface area contributed by atoms with E-state index >= 15 is 0 Å². The zero-order valence-electron chi connectivity index (χ0n) is 7.56. The van der Waals surface area contributed by atoms with E-state index in [-0.39, 0.29) is 18.8 Å². The number of carbonyl (C=O) groups is 2. The third-order valence-corrected chi connectivity index (χ3v) is 1.52. The van der Waals surface area contributed by atoms with Crippen LogP contribution in [-0.4, -0.2) is 33.8 Å². The van der Waals surface area contributed by atoms with Gasteiger partial charge in [0.2, 0.25) is 18.1 Å². The molecule has 0 saturated heterocycles. The number of nitrogens with zero attached hydrogens (tertiary/aromatic N) is 3. The van der Waals surface area contributed by atoms with E-state index in [0.29, 0.717) is 0 Å². The van der Waals surface area contributed by atoms with Crippen LogP contribution in [0.15, 0.2) is 0 Å². The molecule has 14 heavy (non-hydrogen) atoms. The molecular formula is C7H9N4O3. The molecule has 0 unspecified atom stereocenters. The summed E-state index contributed by atoms with van der Waals surface area (Å²) >= 11 is 0. The standard InChI is InChI=1S/C7H9N4O3/c1-14-7(13)6-10-9-4-11(6)3-2-5(8)12/h2-3H2,1H3,(H2,8,12). The minimum Gasteiger partial charge on any atom is -0.463 e. The molecule has 1 heterocycles. The van der Waals surface area contributed by atoms with E-state index in [1.807, 2.05) is 0 Å². The van der Waals surface area contributed by atoms with Gasteiger partial charge < -0.3 is 10.5 Å². The van der Waals surface area contributed by atoms with E-state index in [4.69, 9.17) is 5.73 Å². The largest absolute Gasteiger partial charge is 0.463 e. The average Bonchev–Trinajstić information content (AvgIpc) is 2.61. The lowest BCUT2D eigenvalue weighted by Crippen LogP contribution is -2.17. The van der Waals surface area contributed by atoms with Crippen molar-refractivity contribution < 1.29 is 14.3 Å². The van der Waals surface area contributed by atoms with Gasteiger partial charge in [0.05, 0.1) is 7.11 Å². The number of hydrogen-bond donors (Lipinski definition) is 1. The van der Waals surface area contributed by atoms with Gasteiger partial charge in [-0.3, -0.25) is 9.36 Å². The first-order chi connectivity index (χ1) is 6.65. The fraction of sp³-hybridized carbons (Fsp3) is 0.429. The van der Waals surface area contributed by atoms with Crippen LogP contribution in [0.3, 0.4) is 0 Å². The van der Waals surface area contributed by atoms with Crippen LogP contribution in [0.25, 0.3) is 0 Å². The molecule has 0 spiro atoms. The molecule has 1 radical (unpaired) electrons. The van der Waals surface area contributed by atoms with Gasteiger partial charge in [0.15, 0.2) is 0 Å². The summed E-state index contributed by atoms with van der Waals surface area (Å²) in [5.41, 5.74) is 4.94. The van der Waals surface area contributed by atoms with Crippen molar-refractivity contribution in [3.63, 3.8) is 0 Å². The molecule has 1 amide bonds. The number of ether oxygens (including phenoxy) is 1. The van der Waals surface area contributed by atoms with Crippen molar-refractivity contribution in [1.82, 2.24) is 14.8 Å². The van der Waals surface area contributed by atoms with Crippen LogP contribution >= 0.6 is 0 Å². The van der Waals surface area contributed by atoms with Crippen LogP contribution in [0.4, 0.5) is 0 Å². The summed E-state index contributed by atoms with van der Waals surface area (Å²) in [6.07, 6.45) is 2.52. The summed E-state index contributed by atoms with van der Waals surface area (Å²) in [5, 5.41) is 6.90. The molecule has 0 fully saturated rings. The molecule has 0 saturated carbocycles. The van der Waals surface area contributed by atoms with E-state index in [9.17, 15) is 9.59 Å². The Morgan fingerprint density at radius 1 is 1.64 bits per heavy atom. The highest BCUT2D eigenvalue weighted by molar-refractivity contribution is 5.85. The molecule has 1 aromatic heterocycles. The van der Waals surface area contributed by atoms with Crippen molar-refractivity contribution in [2.24, 2.45) is 5.73 Å². The van der Waals surface area contributed by atoms with E-state index in [0.717, 1.165) is 0 Å². The molecule has 0 aliphatic carbocycles. The van der Waals surface area contributed by atoms with Crippen molar-refractivity contribution in [2.45, 2.75) is 13.0 Å². The van der Waals surface area contributed by atoms with E-state index in [2.05, 4.69) is 21.3 Å². The molecule has 1 aromatic rings. The van der Waals surface area contributed by atoms with Gasteiger partial charge in [-0.2, -0.15) is 0 Å². The highest BCUT2D eigenvalue weighted by atomic mass is 16.5. The number of aromatic nitrogens is 3. The second-order valence-electron chi connectivity index (χ2n) is 2.48. The molecule has 0 bridgehead atoms. The van der Waals surface area contributed by atoms with Crippen LogP contribution in [0.2, 0.25) is 0 Å². The van der Waals surface area contributed by atoms with Crippen molar-refractivity contribution in [2.75, 3.05) is 7.11 Å². The van der Waals surface area contributed by atoms with Crippen LogP contribution in [0.1, 0.15) is 17.0 Å². The Morgan fingerprint density at radius 2 is 2.36 bits per heavy atom. The molecule has 1 rings (SSSR count). The molecule has 0 aliphatic rings. The number of carbonyl (C=O) groups excluding carboxylic acids is 2. The van der Waals surface area contributed by atoms with Crippen LogP contribution in [-0.2, 0) is 16.1 Å². The Kier molecular flexibility index (Phi) is 3.16. The first-order valence-corrected chi connectivity index (χ1v) is 3.82. The summed E-state index contributed by atoms with van der Waals surface area (Å²) in [6, 6.07) is 0. The van der Waals surface area contributed by atoms with Crippen LogP contribution in [0, 0.1) is 6.33 Å². The Hall–Kier alpha value is -1.92. The second-order valence-corrected chi connectivity index (χ2v) is 2.48. The molecule has 0 aliphatic heterocycles. The van der Waals surface area contributed by atoms with Gasteiger partial charge in [0.25, 0.3) is 0 Å². The summed E-state index contributed by atoms with van der Waals surface area (Å²) in [4.78, 5) is 21.5. The number of rotatable bonds is 4. The second kappa shape index (κ2) is 4.35. The molecular weight excluding hydrogens is 188 g/mol. The van der Waals surface area contributed by atoms with E-state index in [1.165, 1.54) is 11.7 Å². The number of esters is 1. The Morgan fingerprint density at radius 3 is 2.93 bits per heavy atom. The Balaban J connectivity index is 2.72. The van der Waals surface area contributed by atoms with Crippen LogP contribution in [0.5, 0.6) is 0 Å². The third kappa shape index (κ3) is 2.28. The SMILES string of the molecule is COC(=O)c1nn[c]n1CCC(N)=O. The van der Waals surface area contributed by atoms with Gasteiger partial charge in [-0.25, -0.2) is 4.79 Å². The molecule has 2 N–H and O–H groups in total. The first-order valence-electron chi connectivity index (χ1n) is 3.82. The number of amides is 1. The number of primary amides is 1. The molecule has 0 aromatic carbocycles. The van der Waals surface area contributed by atoms with E-state index in [1.54, 1.807) is 0 Å². The lowest BCUT2D eigenvalue weighted by molar-refractivity contribution is -0.118. The minimum absolute atomic E-state index is 0.00810. The van der Waals surface area contributed by atoms with E-state index < -0.39 is 11.9 Å². The highest BCUT2D eigenvalue weighted by Gasteiger charge is 2.14. The minimum atomic E-state index is -0.622. The smallest absolute Gasteiger partial charge is 0.376 e. The maximum Gasteiger partial charge on any atom is 0.376 e. The first kappa shape index (κ1) is 10.2. The van der Waals surface area contributed by atoms with Crippen molar-refractivity contribution in [1.29, 1.82) is 0 Å². The summed E-state index contributed by atoms with van der Waals surface area (Å²) in [7, 11) is 1.23. The molecule has 7 heteroatoms. The molecule has 0 atom stereocenters. The third-order valence-electron chi connectivity index (χ3n) is 1.52. The quantitative estimate of drug-likeness (QED) is 0.607. The number of hydrogen-bond acceptors (Lipinski definition) is 5. The predicted octanol–water partition coefficient (Wildman–Crippen LogP) is -1.26. The van der Waals surface area contributed by atoms with Gasteiger partial charge in [-0.15, -0.1) is 10.2 Å². The van der Waals surface area contributed by atoms with Gasteiger partial charge in [0.1, 0.15) is 0 Å². The molecule has 7 nitrogen and oxygen atoms in total. The fourth-order valence-electron chi connectivity index (χ4n) is 0.845. The van der Waals surface area contributed by atoms with Gasteiger partial charge in [-0.05, 0) is 0 Å².